The van der Waals surface area contributed by atoms with Crippen molar-refractivity contribution in [3.05, 3.63) is 40.3 Å². The number of alkyl halides is 3. The Hall–Kier alpha value is -2.58. The van der Waals surface area contributed by atoms with Gasteiger partial charge in [-0.2, -0.15) is 13.2 Å². The Labute approximate surface area is 166 Å². The maximum atomic E-state index is 12.9. The zero-order valence-corrected chi connectivity index (χ0v) is 16.3. The van der Waals surface area contributed by atoms with Crippen molar-refractivity contribution in [2.75, 3.05) is 6.54 Å². The van der Waals surface area contributed by atoms with Crippen LogP contribution in [0.2, 0.25) is 0 Å². The first kappa shape index (κ1) is 21.1. The van der Waals surface area contributed by atoms with Crippen LogP contribution in [0.25, 0.3) is 11.4 Å². The molecule has 0 unspecified atom stereocenters. The lowest BCUT2D eigenvalue weighted by molar-refractivity contribution is -0.137. The molecule has 0 aliphatic heterocycles. The van der Waals surface area contributed by atoms with Crippen molar-refractivity contribution in [1.29, 1.82) is 0 Å². The highest BCUT2D eigenvalue weighted by molar-refractivity contribution is 5.76. The zero-order valence-electron chi connectivity index (χ0n) is 16.3. The predicted molar refractivity (Wildman–Crippen MR) is 102 cm³/mol. The lowest BCUT2D eigenvalue weighted by atomic mass is 9.87. The van der Waals surface area contributed by atoms with Gasteiger partial charge in [0.25, 0.3) is 0 Å². The maximum absolute atomic E-state index is 12.9. The molecule has 1 fully saturated rings. The molecule has 3 rings (SSSR count). The van der Waals surface area contributed by atoms with E-state index in [1.54, 1.807) is 0 Å². The highest BCUT2D eigenvalue weighted by atomic mass is 19.4. The fourth-order valence-electron chi connectivity index (χ4n) is 3.75. The molecule has 29 heavy (non-hydrogen) atoms. The van der Waals surface area contributed by atoms with E-state index >= 15 is 0 Å². The molecule has 1 N–H and O–H groups in total. The number of nitrogens with zero attached hydrogens (tertiary/aromatic N) is 3. The fraction of sp³-hybridized carbons (Fsp3) is 0.550. The van der Waals surface area contributed by atoms with E-state index in [-0.39, 0.29) is 30.4 Å². The number of hydrogen-bond acceptors (Lipinski definition) is 3. The van der Waals surface area contributed by atoms with Crippen LogP contribution in [0.15, 0.2) is 29.1 Å². The summed E-state index contributed by atoms with van der Waals surface area (Å²) in [5, 5.41) is 6.97. The summed E-state index contributed by atoms with van der Waals surface area (Å²) < 4.78 is 41.2. The van der Waals surface area contributed by atoms with Crippen LogP contribution in [0.3, 0.4) is 0 Å². The summed E-state index contributed by atoms with van der Waals surface area (Å²) in [7, 11) is 1.46. The van der Waals surface area contributed by atoms with Crippen LogP contribution >= 0.6 is 0 Å². The molecule has 1 amide bonds. The molecular formula is C20H25F3N4O2. The molecule has 1 heterocycles. The van der Waals surface area contributed by atoms with Crippen LogP contribution in [0.1, 0.15) is 44.1 Å². The highest BCUT2D eigenvalue weighted by Gasteiger charge is 2.31. The Morgan fingerprint density at radius 2 is 1.97 bits per heavy atom. The number of halogens is 3. The second-order valence-electron chi connectivity index (χ2n) is 7.53. The molecule has 1 aliphatic rings. The molecule has 158 valence electrons. The Bertz CT molecular complexity index is 911. The van der Waals surface area contributed by atoms with Crippen LogP contribution < -0.4 is 11.0 Å². The third kappa shape index (κ3) is 5.27. The average molecular weight is 410 g/mol. The summed E-state index contributed by atoms with van der Waals surface area (Å²) in [6, 6.07) is 4.71. The molecule has 9 heteroatoms. The Morgan fingerprint density at radius 1 is 1.24 bits per heavy atom. The normalized spacial score (nSPS) is 15.4. The quantitative estimate of drug-likeness (QED) is 0.794. The number of carbonyl (C=O) groups excluding carboxylic acids is 1. The minimum atomic E-state index is -4.47. The van der Waals surface area contributed by atoms with Gasteiger partial charge in [-0.05, 0) is 30.9 Å². The average Bonchev–Trinajstić information content (AvgIpc) is 2.97. The number of benzene rings is 1. The fourth-order valence-corrected chi connectivity index (χ4v) is 3.75. The van der Waals surface area contributed by atoms with Crippen LogP contribution in [-0.4, -0.2) is 26.8 Å². The first-order chi connectivity index (χ1) is 13.8. The summed E-state index contributed by atoms with van der Waals surface area (Å²) in [6.45, 7) is 0.395. The van der Waals surface area contributed by atoms with Crippen molar-refractivity contribution >= 4 is 5.91 Å². The van der Waals surface area contributed by atoms with E-state index in [1.165, 1.54) is 43.0 Å². The second kappa shape index (κ2) is 8.84. The smallest absolute Gasteiger partial charge is 0.354 e. The number of rotatable bonds is 6. The second-order valence-corrected chi connectivity index (χ2v) is 7.53. The van der Waals surface area contributed by atoms with Crippen molar-refractivity contribution in [3.63, 3.8) is 0 Å². The number of amides is 1. The van der Waals surface area contributed by atoms with Gasteiger partial charge in [0.1, 0.15) is 0 Å². The van der Waals surface area contributed by atoms with Crippen LogP contribution in [0, 0.1) is 5.92 Å². The van der Waals surface area contributed by atoms with E-state index in [0.717, 1.165) is 29.7 Å². The van der Waals surface area contributed by atoms with Gasteiger partial charge >= 0.3 is 11.9 Å². The number of hydrogen-bond donors (Lipinski definition) is 1. The summed E-state index contributed by atoms with van der Waals surface area (Å²) in [5.41, 5.74) is -1.04. The van der Waals surface area contributed by atoms with E-state index in [0.29, 0.717) is 12.3 Å². The summed E-state index contributed by atoms with van der Waals surface area (Å²) in [5.74, 6) is 0.530. The van der Waals surface area contributed by atoms with Gasteiger partial charge in [-0.1, -0.05) is 31.4 Å². The largest absolute Gasteiger partial charge is 0.416 e. The molecule has 2 aromatic rings. The van der Waals surface area contributed by atoms with Crippen molar-refractivity contribution in [1.82, 2.24) is 19.7 Å². The number of carbonyl (C=O) groups is 1. The molecule has 0 radical (unpaired) electrons. The topological polar surface area (TPSA) is 68.9 Å². The van der Waals surface area contributed by atoms with E-state index in [9.17, 15) is 22.8 Å². The standard InChI is InChI=1S/C20H25F3N4O2/c1-26-18(15-8-5-9-16(13-15)20(21,22)23)25-27(19(26)29)11-10-24-17(28)12-14-6-3-2-4-7-14/h5,8-9,13-14H,2-4,6-7,10-12H2,1H3,(H,24,28). The molecule has 1 saturated carbocycles. The van der Waals surface area contributed by atoms with Gasteiger partial charge in [-0.25, -0.2) is 9.48 Å². The van der Waals surface area contributed by atoms with E-state index in [1.807, 2.05) is 0 Å². The minimum Gasteiger partial charge on any atom is -0.354 e. The van der Waals surface area contributed by atoms with Crippen LogP contribution in [0.5, 0.6) is 0 Å². The maximum Gasteiger partial charge on any atom is 0.416 e. The zero-order chi connectivity index (χ0) is 21.0. The van der Waals surface area contributed by atoms with Crippen LogP contribution in [-0.2, 0) is 24.6 Å². The number of aromatic nitrogens is 3. The monoisotopic (exact) mass is 410 g/mol. The van der Waals surface area contributed by atoms with E-state index < -0.39 is 17.4 Å². The molecular weight excluding hydrogens is 385 g/mol. The van der Waals surface area contributed by atoms with Gasteiger partial charge in [-0.15, -0.1) is 5.10 Å². The van der Waals surface area contributed by atoms with Gasteiger partial charge in [0, 0.05) is 25.6 Å². The summed E-state index contributed by atoms with van der Waals surface area (Å²) in [6.07, 6.45) is 1.74. The van der Waals surface area contributed by atoms with Crippen molar-refractivity contribution in [3.8, 4) is 11.4 Å². The van der Waals surface area contributed by atoms with Gasteiger partial charge in [0.15, 0.2) is 5.82 Å². The van der Waals surface area contributed by atoms with Gasteiger partial charge in [0.2, 0.25) is 5.91 Å². The van der Waals surface area contributed by atoms with E-state index in [4.69, 9.17) is 0 Å². The Morgan fingerprint density at radius 3 is 2.66 bits per heavy atom. The SMILES string of the molecule is Cn1c(-c2cccc(C(F)(F)F)c2)nn(CCNC(=O)CC2CCCCC2)c1=O. The molecule has 6 nitrogen and oxygen atoms in total. The molecule has 0 atom stereocenters. The lowest BCUT2D eigenvalue weighted by Gasteiger charge is -2.20. The number of nitrogens with one attached hydrogen (secondary N) is 1. The highest BCUT2D eigenvalue weighted by Crippen LogP contribution is 2.31. The van der Waals surface area contributed by atoms with E-state index in [2.05, 4.69) is 10.4 Å². The van der Waals surface area contributed by atoms with Gasteiger partial charge < -0.3 is 5.32 Å². The Kier molecular flexibility index (Phi) is 6.44. The van der Waals surface area contributed by atoms with Crippen molar-refractivity contribution in [2.24, 2.45) is 13.0 Å². The molecule has 0 saturated heterocycles. The molecule has 1 aromatic heterocycles. The molecule has 0 spiro atoms. The third-order valence-corrected chi connectivity index (χ3v) is 5.33. The first-order valence-corrected chi connectivity index (χ1v) is 9.84. The summed E-state index contributed by atoms with van der Waals surface area (Å²) >= 11 is 0. The van der Waals surface area contributed by atoms with Gasteiger partial charge in [0.05, 0.1) is 12.1 Å². The van der Waals surface area contributed by atoms with Crippen molar-refractivity contribution < 1.29 is 18.0 Å². The Balaban J connectivity index is 1.63. The van der Waals surface area contributed by atoms with Crippen molar-refractivity contribution in [2.45, 2.75) is 51.2 Å². The predicted octanol–water partition coefficient (Wildman–Crippen LogP) is 3.35. The molecule has 0 bridgehead atoms. The molecule has 1 aromatic carbocycles. The first-order valence-electron chi connectivity index (χ1n) is 9.84. The summed E-state index contributed by atoms with van der Waals surface area (Å²) in [4.78, 5) is 24.4. The van der Waals surface area contributed by atoms with Gasteiger partial charge in [-0.3, -0.25) is 9.36 Å². The van der Waals surface area contributed by atoms with Crippen LogP contribution in [0.4, 0.5) is 13.2 Å². The minimum absolute atomic E-state index is 0.0426. The third-order valence-electron chi connectivity index (χ3n) is 5.33. The lowest BCUT2D eigenvalue weighted by Crippen LogP contribution is -2.32. The molecule has 1 aliphatic carbocycles.